The van der Waals surface area contributed by atoms with Crippen LogP contribution in [0, 0.1) is 0 Å². The summed E-state index contributed by atoms with van der Waals surface area (Å²) in [5.74, 6) is 0.880. The molecule has 0 aromatic heterocycles. The van der Waals surface area contributed by atoms with Gasteiger partial charge in [0.05, 0.1) is 6.61 Å². The molecule has 1 aromatic carbocycles. The smallest absolute Gasteiger partial charge is 0.320 e. The molecule has 0 aliphatic carbocycles. The largest absolute Gasteiger partial charge is 0.494 e. The summed E-state index contributed by atoms with van der Waals surface area (Å²) in [6, 6.07) is 10.6. The van der Waals surface area contributed by atoms with E-state index in [2.05, 4.69) is 19.6 Å². The molecule has 2 rings (SSSR count). The molecule has 0 amide bonds. The van der Waals surface area contributed by atoms with Crippen molar-refractivity contribution in [3.63, 3.8) is 0 Å². The van der Waals surface area contributed by atoms with Crippen molar-refractivity contribution in [2.24, 2.45) is 0 Å². The predicted molar refractivity (Wildman–Crippen MR) is 91.7 cm³/mol. The van der Waals surface area contributed by atoms with E-state index >= 15 is 0 Å². The highest BCUT2D eigenvalue weighted by atomic mass is 28.5. The fraction of sp³-hybridized carbons (Fsp3) is 0.500. The molecule has 1 fully saturated rings. The number of rotatable bonds is 4. The van der Waals surface area contributed by atoms with Crippen LogP contribution in [0.25, 0.3) is 0 Å². The Morgan fingerprint density at radius 3 is 2.10 bits per heavy atom. The van der Waals surface area contributed by atoms with Gasteiger partial charge in [0.1, 0.15) is 5.75 Å². The van der Waals surface area contributed by atoms with E-state index in [1.165, 1.54) is 0 Å². The molecular weight excluding hydrogens is 336 g/mol. The molecule has 21 heavy (non-hydrogen) atoms. The Labute approximate surface area is 132 Å². The van der Waals surface area contributed by atoms with Gasteiger partial charge in [-0.25, -0.2) is 0 Å². The van der Waals surface area contributed by atoms with Gasteiger partial charge < -0.3 is 21.2 Å². The van der Waals surface area contributed by atoms with Gasteiger partial charge in [0.2, 0.25) is 0 Å². The van der Waals surface area contributed by atoms with Crippen molar-refractivity contribution < 1.29 is 21.2 Å². The number of hydrogen-bond acceptors (Lipinski definition) is 5. The van der Waals surface area contributed by atoms with Gasteiger partial charge in [-0.05, 0) is 38.3 Å². The summed E-state index contributed by atoms with van der Waals surface area (Å²) in [6.45, 7) is 8.84. The average Bonchev–Trinajstić information content (AvgIpc) is 2.37. The molecular formula is C12H24O5Si4. The summed E-state index contributed by atoms with van der Waals surface area (Å²) in [5, 5.41) is 0. The van der Waals surface area contributed by atoms with Crippen LogP contribution in [0.15, 0.2) is 30.3 Å². The number of benzene rings is 1. The Morgan fingerprint density at radius 2 is 1.52 bits per heavy atom. The molecule has 1 aliphatic rings. The first-order chi connectivity index (χ1) is 9.97. The van der Waals surface area contributed by atoms with Crippen LogP contribution in [0.5, 0.6) is 5.75 Å². The summed E-state index contributed by atoms with van der Waals surface area (Å²) in [5.41, 5.74) is 0. The van der Waals surface area contributed by atoms with Crippen molar-refractivity contribution in [1.82, 2.24) is 0 Å². The van der Waals surface area contributed by atoms with Crippen LogP contribution >= 0.6 is 0 Å². The quantitative estimate of drug-likeness (QED) is 0.766. The van der Waals surface area contributed by atoms with Crippen LogP contribution in [0.1, 0.15) is 0 Å². The maximum Gasteiger partial charge on any atom is 0.320 e. The van der Waals surface area contributed by atoms with E-state index in [0.717, 1.165) is 11.8 Å². The van der Waals surface area contributed by atoms with Gasteiger partial charge in [0.15, 0.2) is 0 Å². The monoisotopic (exact) mass is 360 g/mol. The maximum absolute atomic E-state index is 6.20. The van der Waals surface area contributed by atoms with Gasteiger partial charge in [-0.3, -0.25) is 0 Å². The van der Waals surface area contributed by atoms with Crippen molar-refractivity contribution >= 4 is 36.4 Å². The molecule has 1 heterocycles. The van der Waals surface area contributed by atoms with E-state index in [9.17, 15) is 0 Å². The van der Waals surface area contributed by atoms with E-state index in [1.54, 1.807) is 0 Å². The van der Waals surface area contributed by atoms with E-state index in [1.807, 2.05) is 36.9 Å². The normalized spacial score (nSPS) is 34.0. The Kier molecular flexibility index (Phi) is 6.37. The van der Waals surface area contributed by atoms with E-state index < -0.39 is 36.4 Å². The molecule has 9 heteroatoms. The minimum Gasteiger partial charge on any atom is -0.494 e. The molecule has 0 N–H and O–H groups in total. The fourth-order valence-corrected chi connectivity index (χ4v) is 16.7. The lowest BCUT2D eigenvalue weighted by atomic mass is 10.3. The van der Waals surface area contributed by atoms with E-state index in [4.69, 9.17) is 21.2 Å². The fourth-order valence-electron chi connectivity index (χ4n) is 2.35. The zero-order chi connectivity index (χ0) is 15.3. The summed E-state index contributed by atoms with van der Waals surface area (Å²) < 4.78 is 30.0. The van der Waals surface area contributed by atoms with Crippen LogP contribution in [-0.2, 0) is 16.5 Å². The second kappa shape index (κ2) is 7.83. The van der Waals surface area contributed by atoms with Gasteiger partial charge in [-0.15, -0.1) is 0 Å². The minimum absolute atomic E-state index is 0.599. The molecule has 5 nitrogen and oxygen atoms in total. The Hall–Kier alpha value is -0.272. The predicted octanol–water partition coefficient (Wildman–Crippen LogP) is 1.77. The molecule has 0 bridgehead atoms. The average molecular weight is 361 g/mol. The molecule has 1 aromatic rings. The lowest BCUT2D eigenvalue weighted by Crippen LogP contribution is -2.53. The van der Waals surface area contributed by atoms with Gasteiger partial charge >= 0.3 is 8.56 Å². The van der Waals surface area contributed by atoms with Crippen molar-refractivity contribution in [2.45, 2.75) is 32.2 Å². The lowest BCUT2D eigenvalue weighted by Gasteiger charge is -2.36. The molecule has 0 saturated carbocycles. The highest BCUT2D eigenvalue weighted by molar-refractivity contribution is 6.81. The Bertz CT molecular complexity index is 421. The zero-order valence-corrected chi connectivity index (χ0v) is 17.5. The number of hydrogen-bond donors (Lipinski definition) is 0. The molecule has 1 aliphatic heterocycles. The summed E-state index contributed by atoms with van der Waals surface area (Å²) in [4.78, 5) is 0. The first-order valence-corrected chi connectivity index (χ1v) is 16.1. The SMILES string of the molecule is C[SiH]1O[SiH](C)O[Si](C)(CCOc2ccccc2)O[SiH](C)O1. The molecule has 0 spiro atoms. The van der Waals surface area contributed by atoms with Crippen LogP contribution in [0.3, 0.4) is 0 Å². The van der Waals surface area contributed by atoms with Crippen LogP contribution in [0.2, 0.25) is 32.2 Å². The zero-order valence-electron chi connectivity index (χ0n) is 13.1. The first kappa shape index (κ1) is 17.1. The highest BCUT2D eigenvalue weighted by Gasteiger charge is 2.39. The van der Waals surface area contributed by atoms with Crippen LogP contribution < -0.4 is 4.74 Å². The molecule has 0 radical (unpaired) electrons. The highest BCUT2D eigenvalue weighted by Crippen LogP contribution is 2.21. The molecule has 2 atom stereocenters. The van der Waals surface area contributed by atoms with Crippen molar-refractivity contribution in [1.29, 1.82) is 0 Å². The second-order valence-electron chi connectivity index (χ2n) is 5.26. The van der Waals surface area contributed by atoms with Gasteiger partial charge in [-0.1, -0.05) is 18.2 Å². The Morgan fingerprint density at radius 1 is 0.952 bits per heavy atom. The second-order valence-corrected chi connectivity index (χ2v) is 15.5. The third kappa shape index (κ3) is 5.79. The topological polar surface area (TPSA) is 46.2 Å². The Balaban J connectivity index is 1.89. The van der Waals surface area contributed by atoms with Gasteiger partial charge in [-0.2, -0.15) is 0 Å². The molecule has 2 unspecified atom stereocenters. The summed E-state index contributed by atoms with van der Waals surface area (Å²) in [6.07, 6.45) is 0. The third-order valence-electron chi connectivity index (χ3n) is 3.17. The molecule has 1 saturated heterocycles. The first-order valence-electron chi connectivity index (χ1n) is 7.31. The van der Waals surface area contributed by atoms with Gasteiger partial charge in [0.25, 0.3) is 27.9 Å². The number of para-hydroxylation sites is 1. The van der Waals surface area contributed by atoms with Crippen molar-refractivity contribution in [2.75, 3.05) is 6.61 Å². The van der Waals surface area contributed by atoms with Crippen molar-refractivity contribution in [3.8, 4) is 5.75 Å². The van der Waals surface area contributed by atoms with Gasteiger partial charge in [0, 0.05) is 6.04 Å². The van der Waals surface area contributed by atoms with Crippen LogP contribution in [0.4, 0.5) is 0 Å². The third-order valence-corrected chi connectivity index (χ3v) is 17.1. The van der Waals surface area contributed by atoms with E-state index in [0.29, 0.717) is 6.61 Å². The standard InChI is InChI=1S/C12H24O5Si4/c1-18-14-19(2)16-21(4,17-20(3)15-18)11-10-13-12-8-6-5-7-9-12/h5-9,18-20H,10-11H2,1-4H3. The summed E-state index contributed by atoms with van der Waals surface area (Å²) >= 11 is 0. The maximum atomic E-state index is 6.20. The van der Waals surface area contributed by atoms with E-state index in [-0.39, 0.29) is 0 Å². The lowest BCUT2D eigenvalue weighted by molar-refractivity contribution is 0.261. The number of ether oxygens (including phenoxy) is 1. The van der Waals surface area contributed by atoms with Crippen molar-refractivity contribution in [3.05, 3.63) is 30.3 Å². The minimum atomic E-state index is -2.26. The molecule has 118 valence electrons. The van der Waals surface area contributed by atoms with Crippen LogP contribution in [-0.4, -0.2) is 43.0 Å². The summed E-state index contributed by atoms with van der Waals surface area (Å²) in [7, 11) is -7.12.